The van der Waals surface area contributed by atoms with E-state index in [-0.39, 0.29) is 18.2 Å². The van der Waals surface area contributed by atoms with Gasteiger partial charge in [0.2, 0.25) is 5.91 Å². The maximum Gasteiger partial charge on any atom is 0.224 e. The number of hydrogen-bond donors (Lipinski definition) is 1. The molecule has 2 aromatic rings. The average molecular weight is 367 g/mol. The van der Waals surface area contributed by atoms with Crippen molar-refractivity contribution in [3.05, 3.63) is 38.8 Å². The second kappa shape index (κ2) is 7.40. The van der Waals surface area contributed by atoms with E-state index in [0.29, 0.717) is 36.3 Å². The van der Waals surface area contributed by atoms with E-state index in [1.807, 2.05) is 12.3 Å². The quantitative estimate of drug-likeness (QED) is 0.881. The van der Waals surface area contributed by atoms with Crippen LogP contribution in [0.15, 0.2) is 17.5 Å². The lowest BCUT2D eigenvalue weighted by atomic mass is 10.1. The number of aryl methyl sites for hydroxylation is 1. The van der Waals surface area contributed by atoms with Gasteiger partial charge in [-0.1, -0.05) is 18.5 Å². The summed E-state index contributed by atoms with van der Waals surface area (Å²) < 4.78 is 11.0. The predicted molar refractivity (Wildman–Crippen MR) is 94.4 cm³/mol. The number of carbonyl (C=O) groups is 1. The molecule has 1 aromatic heterocycles. The number of halogens is 1. The molecule has 128 valence electrons. The summed E-state index contributed by atoms with van der Waals surface area (Å²) in [6.07, 6.45) is 0.207. The number of hydrogen-bond acceptors (Lipinski definition) is 5. The molecule has 1 aliphatic heterocycles. The van der Waals surface area contributed by atoms with Gasteiger partial charge in [-0.2, -0.15) is 0 Å². The Hall–Kier alpha value is -1.79. The van der Waals surface area contributed by atoms with Crippen molar-refractivity contribution in [1.82, 2.24) is 10.3 Å². The number of fused-ring (bicyclic) bond motifs is 1. The van der Waals surface area contributed by atoms with Gasteiger partial charge in [0.1, 0.15) is 13.2 Å². The van der Waals surface area contributed by atoms with Crippen LogP contribution in [0.1, 0.15) is 29.1 Å². The smallest absolute Gasteiger partial charge is 0.224 e. The Bertz CT molecular complexity index is 747. The Morgan fingerprint density at radius 3 is 2.75 bits per heavy atom. The lowest BCUT2D eigenvalue weighted by molar-refractivity contribution is -0.120. The molecular formula is C17H19ClN2O3S. The van der Waals surface area contributed by atoms with E-state index in [1.165, 1.54) is 0 Å². The molecule has 24 heavy (non-hydrogen) atoms. The molecule has 0 unspecified atom stereocenters. The van der Waals surface area contributed by atoms with Crippen molar-refractivity contribution in [3.63, 3.8) is 0 Å². The van der Waals surface area contributed by atoms with Gasteiger partial charge in [-0.3, -0.25) is 4.79 Å². The number of amides is 1. The molecule has 3 rings (SSSR count). The van der Waals surface area contributed by atoms with Crippen molar-refractivity contribution >= 4 is 28.8 Å². The van der Waals surface area contributed by atoms with Gasteiger partial charge < -0.3 is 14.8 Å². The molecule has 1 amide bonds. The third kappa shape index (κ3) is 3.99. The summed E-state index contributed by atoms with van der Waals surface area (Å²) in [5, 5.41) is 6.50. The highest BCUT2D eigenvalue weighted by Gasteiger charge is 2.17. The van der Waals surface area contributed by atoms with Crippen LogP contribution in [0.5, 0.6) is 11.5 Å². The fraction of sp³-hybridized carbons (Fsp3) is 0.412. The van der Waals surface area contributed by atoms with Gasteiger partial charge >= 0.3 is 0 Å². The van der Waals surface area contributed by atoms with Crippen molar-refractivity contribution in [2.75, 3.05) is 19.8 Å². The summed E-state index contributed by atoms with van der Waals surface area (Å²) in [7, 11) is 0. The molecule has 1 aromatic carbocycles. The van der Waals surface area contributed by atoms with E-state index in [9.17, 15) is 4.79 Å². The van der Waals surface area contributed by atoms with Crippen LogP contribution in [-0.2, 0) is 11.2 Å². The highest BCUT2D eigenvalue weighted by Crippen LogP contribution is 2.35. The number of nitrogens with one attached hydrogen (secondary N) is 1. The molecule has 0 bridgehead atoms. The molecule has 0 spiro atoms. The lowest BCUT2D eigenvalue weighted by Crippen LogP contribution is -2.29. The number of aromatic nitrogens is 1. The van der Waals surface area contributed by atoms with Crippen LogP contribution >= 0.6 is 22.9 Å². The van der Waals surface area contributed by atoms with Crippen LogP contribution in [0, 0.1) is 6.92 Å². The third-order valence-electron chi connectivity index (χ3n) is 3.73. The summed E-state index contributed by atoms with van der Waals surface area (Å²) in [5.41, 5.74) is 1.74. The monoisotopic (exact) mass is 366 g/mol. The third-order valence-corrected chi connectivity index (χ3v) is 5.27. The molecule has 0 fully saturated rings. The molecule has 7 heteroatoms. The SMILES string of the molecule is Cc1csc([C@@H](C)CNC(=O)Cc2cc3c(cc2Cl)OCCO3)n1. The van der Waals surface area contributed by atoms with E-state index in [1.54, 1.807) is 23.5 Å². The molecule has 0 radical (unpaired) electrons. The Balaban J connectivity index is 1.58. The van der Waals surface area contributed by atoms with Crippen LogP contribution in [0.3, 0.4) is 0 Å². The number of benzene rings is 1. The first-order chi connectivity index (χ1) is 11.5. The van der Waals surface area contributed by atoms with Crippen molar-refractivity contribution in [3.8, 4) is 11.5 Å². The number of rotatable bonds is 5. The van der Waals surface area contributed by atoms with E-state index >= 15 is 0 Å². The van der Waals surface area contributed by atoms with Crippen LogP contribution in [0.25, 0.3) is 0 Å². The molecule has 0 saturated carbocycles. The van der Waals surface area contributed by atoms with Gasteiger partial charge in [-0.05, 0) is 18.6 Å². The molecule has 5 nitrogen and oxygen atoms in total. The Kier molecular flexibility index (Phi) is 5.26. The number of ether oxygens (including phenoxy) is 2. The molecule has 1 N–H and O–H groups in total. The Morgan fingerprint density at radius 2 is 2.08 bits per heavy atom. The van der Waals surface area contributed by atoms with Gasteiger partial charge in [0.15, 0.2) is 11.5 Å². The minimum Gasteiger partial charge on any atom is -0.486 e. The van der Waals surface area contributed by atoms with E-state index < -0.39 is 0 Å². The number of nitrogens with zero attached hydrogens (tertiary/aromatic N) is 1. The Morgan fingerprint density at radius 1 is 1.38 bits per heavy atom. The van der Waals surface area contributed by atoms with Crippen LogP contribution in [0.2, 0.25) is 5.02 Å². The maximum atomic E-state index is 12.2. The normalized spacial score (nSPS) is 14.3. The van der Waals surface area contributed by atoms with E-state index in [0.717, 1.165) is 16.3 Å². The van der Waals surface area contributed by atoms with E-state index in [4.69, 9.17) is 21.1 Å². The van der Waals surface area contributed by atoms with Crippen molar-refractivity contribution < 1.29 is 14.3 Å². The zero-order valence-corrected chi connectivity index (χ0v) is 15.2. The molecule has 0 saturated heterocycles. The van der Waals surface area contributed by atoms with Crippen LogP contribution in [0.4, 0.5) is 0 Å². The van der Waals surface area contributed by atoms with Gasteiger partial charge in [-0.15, -0.1) is 11.3 Å². The number of thiazole rings is 1. The standard InChI is InChI=1S/C17H19ClN2O3S/c1-10(17-20-11(2)9-24-17)8-19-16(21)6-12-5-14-15(7-13(12)18)23-4-3-22-14/h5,7,9-10H,3-4,6,8H2,1-2H3,(H,19,21)/t10-/m0/s1. The van der Waals surface area contributed by atoms with Crippen molar-refractivity contribution in [1.29, 1.82) is 0 Å². The summed E-state index contributed by atoms with van der Waals surface area (Å²) >= 11 is 7.86. The Labute approximate surface area is 150 Å². The van der Waals surface area contributed by atoms with Gasteiger partial charge in [0, 0.05) is 34.6 Å². The molecule has 2 heterocycles. The fourth-order valence-corrected chi connectivity index (χ4v) is 3.51. The number of carbonyl (C=O) groups excluding carboxylic acids is 1. The van der Waals surface area contributed by atoms with Crippen molar-refractivity contribution in [2.24, 2.45) is 0 Å². The molecule has 1 aliphatic rings. The average Bonchev–Trinajstić information content (AvgIpc) is 3.00. The van der Waals surface area contributed by atoms with Crippen LogP contribution in [-0.4, -0.2) is 30.6 Å². The topological polar surface area (TPSA) is 60.5 Å². The first kappa shape index (κ1) is 17.0. The summed E-state index contributed by atoms with van der Waals surface area (Å²) in [5.74, 6) is 1.38. The van der Waals surface area contributed by atoms with Gasteiger partial charge in [0.25, 0.3) is 0 Å². The van der Waals surface area contributed by atoms with Gasteiger partial charge in [0.05, 0.1) is 11.4 Å². The largest absolute Gasteiger partial charge is 0.486 e. The second-order valence-electron chi connectivity index (χ2n) is 5.80. The molecule has 1 atom stereocenters. The molecule has 0 aliphatic carbocycles. The summed E-state index contributed by atoms with van der Waals surface area (Å²) in [6, 6.07) is 3.49. The zero-order valence-electron chi connectivity index (χ0n) is 13.6. The van der Waals surface area contributed by atoms with Gasteiger partial charge in [-0.25, -0.2) is 4.98 Å². The minimum absolute atomic E-state index is 0.0753. The van der Waals surface area contributed by atoms with Crippen molar-refractivity contribution in [2.45, 2.75) is 26.2 Å². The summed E-state index contributed by atoms with van der Waals surface area (Å²) in [6.45, 7) is 5.58. The minimum atomic E-state index is -0.0753. The lowest BCUT2D eigenvalue weighted by Gasteiger charge is -2.19. The second-order valence-corrected chi connectivity index (χ2v) is 7.09. The highest BCUT2D eigenvalue weighted by molar-refractivity contribution is 7.09. The predicted octanol–water partition coefficient (Wildman–Crippen LogP) is 3.34. The van der Waals surface area contributed by atoms with Crippen LogP contribution < -0.4 is 14.8 Å². The first-order valence-corrected chi connectivity index (χ1v) is 9.05. The molecular weight excluding hydrogens is 348 g/mol. The zero-order chi connectivity index (χ0) is 17.1. The highest BCUT2D eigenvalue weighted by atomic mass is 35.5. The first-order valence-electron chi connectivity index (χ1n) is 7.79. The summed E-state index contributed by atoms with van der Waals surface area (Å²) in [4.78, 5) is 16.7. The maximum absolute atomic E-state index is 12.2. The fourth-order valence-electron chi connectivity index (χ4n) is 2.43. The van der Waals surface area contributed by atoms with E-state index in [2.05, 4.69) is 17.2 Å².